The van der Waals surface area contributed by atoms with Crippen LogP contribution in [0, 0.1) is 0 Å². The lowest BCUT2D eigenvalue weighted by atomic mass is 9.98. The predicted octanol–water partition coefficient (Wildman–Crippen LogP) is 18.2. The highest BCUT2D eigenvalue weighted by Crippen LogP contribution is 2.24. The highest BCUT2D eigenvalue weighted by atomic mass is 16.7. The molecule has 0 aromatic rings. The molecule has 0 aromatic heterocycles. The van der Waals surface area contributed by atoms with Crippen molar-refractivity contribution >= 4 is 5.91 Å². The van der Waals surface area contributed by atoms with Gasteiger partial charge in [0.15, 0.2) is 6.29 Å². The molecule has 8 N–H and O–H groups in total. The van der Waals surface area contributed by atoms with Crippen molar-refractivity contribution in [3.05, 3.63) is 12.2 Å². The molecule has 500 valence electrons. The zero-order valence-corrected chi connectivity index (χ0v) is 55.4. The number of aliphatic hydroxyl groups excluding tert-OH is 7. The van der Waals surface area contributed by atoms with Crippen molar-refractivity contribution in [2.24, 2.45) is 0 Å². The summed E-state index contributed by atoms with van der Waals surface area (Å²) in [6.45, 7) is 3.52. The zero-order valence-electron chi connectivity index (χ0n) is 55.4. The van der Waals surface area contributed by atoms with E-state index in [0.717, 1.165) is 38.5 Å². The van der Waals surface area contributed by atoms with E-state index in [-0.39, 0.29) is 12.8 Å². The van der Waals surface area contributed by atoms with Crippen LogP contribution in [0.15, 0.2) is 12.2 Å². The Bertz CT molecular complexity index is 1370. The average Bonchev–Trinajstić information content (AvgIpc) is 3.66. The smallest absolute Gasteiger partial charge is 0.249 e. The lowest BCUT2D eigenvalue weighted by Gasteiger charge is -2.40. The predicted molar refractivity (Wildman–Crippen MR) is 353 cm³/mol. The van der Waals surface area contributed by atoms with E-state index in [1.54, 1.807) is 0 Å². The van der Waals surface area contributed by atoms with E-state index in [0.29, 0.717) is 12.8 Å². The summed E-state index contributed by atoms with van der Waals surface area (Å²) in [6, 6.07) is -1.18. The van der Waals surface area contributed by atoms with E-state index in [1.807, 2.05) is 0 Å². The zero-order chi connectivity index (χ0) is 61.0. The molecule has 0 aromatic carbocycles. The van der Waals surface area contributed by atoms with Gasteiger partial charge in [-0.15, -0.1) is 0 Å². The number of amides is 1. The third-order valence-corrected chi connectivity index (χ3v) is 18.3. The van der Waals surface area contributed by atoms with E-state index >= 15 is 0 Å². The van der Waals surface area contributed by atoms with Crippen LogP contribution in [0.1, 0.15) is 380 Å². The number of rotatable bonds is 66. The number of allylic oxidation sites excluding steroid dienone is 2. The quantitative estimate of drug-likeness (QED) is 0.0215. The Kier molecular flexibility index (Phi) is 59.7. The number of nitrogens with one attached hydrogen (secondary N) is 1. The molecule has 0 saturated carbocycles. The van der Waals surface area contributed by atoms with E-state index in [4.69, 9.17) is 9.47 Å². The van der Waals surface area contributed by atoms with Crippen molar-refractivity contribution in [3.63, 3.8) is 0 Å². The van der Waals surface area contributed by atoms with Crippen LogP contribution < -0.4 is 5.32 Å². The van der Waals surface area contributed by atoms with Crippen LogP contribution in [0.2, 0.25) is 0 Å². The number of carbonyl (C=O) groups excluding carboxylic acids is 1. The first-order valence-corrected chi connectivity index (χ1v) is 37.1. The molecule has 0 bridgehead atoms. The van der Waals surface area contributed by atoms with Crippen LogP contribution >= 0.6 is 0 Å². The fourth-order valence-corrected chi connectivity index (χ4v) is 12.4. The summed E-state index contributed by atoms with van der Waals surface area (Å²) in [4.78, 5) is 13.3. The number of hydrogen-bond acceptors (Lipinski definition) is 10. The topological polar surface area (TPSA) is 189 Å². The maximum absolute atomic E-state index is 13.3. The van der Waals surface area contributed by atoms with E-state index in [1.165, 1.54) is 302 Å². The van der Waals surface area contributed by atoms with Gasteiger partial charge in [0.2, 0.25) is 5.91 Å². The molecule has 1 aliphatic rings. The van der Waals surface area contributed by atoms with Crippen LogP contribution in [0.3, 0.4) is 0 Å². The largest absolute Gasteiger partial charge is 0.394 e. The first-order chi connectivity index (χ1) is 41.2. The molecule has 0 radical (unpaired) electrons. The number of aliphatic hydroxyl groups is 7. The first-order valence-electron chi connectivity index (χ1n) is 37.1. The second kappa shape index (κ2) is 62.1. The molecule has 9 atom stereocenters. The summed E-state index contributed by atoms with van der Waals surface area (Å²) >= 11 is 0. The number of ether oxygens (including phenoxy) is 2. The van der Waals surface area contributed by atoms with Crippen molar-refractivity contribution in [3.8, 4) is 0 Å². The molecular formula is C73H143NO10. The van der Waals surface area contributed by atoms with Gasteiger partial charge in [0, 0.05) is 0 Å². The van der Waals surface area contributed by atoms with Crippen molar-refractivity contribution in [1.82, 2.24) is 5.32 Å². The Balaban J connectivity index is 2.18. The van der Waals surface area contributed by atoms with Crippen LogP contribution in [-0.2, 0) is 14.3 Å². The normalized spacial score (nSPS) is 18.9. The fraction of sp³-hybridized carbons (Fsp3) is 0.959. The molecule has 1 aliphatic heterocycles. The lowest BCUT2D eigenvalue weighted by Crippen LogP contribution is -2.60. The highest BCUT2D eigenvalue weighted by molar-refractivity contribution is 5.80. The molecule has 1 fully saturated rings. The maximum atomic E-state index is 13.3. The lowest BCUT2D eigenvalue weighted by molar-refractivity contribution is -0.303. The van der Waals surface area contributed by atoms with Gasteiger partial charge in [0.25, 0.3) is 0 Å². The number of unbranched alkanes of at least 4 members (excludes halogenated alkanes) is 52. The van der Waals surface area contributed by atoms with Crippen LogP contribution in [-0.4, -0.2) is 110 Å². The maximum Gasteiger partial charge on any atom is 0.249 e. The van der Waals surface area contributed by atoms with Gasteiger partial charge in [0.05, 0.1) is 25.4 Å². The van der Waals surface area contributed by atoms with E-state index in [9.17, 15) is 40.5 Å². The molecule has 1 heterocycles. The Hall–Kier alpha value is -1.15. The van der Waals surface area contributed by atoms with Crippen molar-refractivity contribution in [2.75, 3.05) is 13.2 Å². The second-order valence-corrected chi connectivity index (χ2v) is 26.4. The summed E-state index contributed by atoms with van der Waals surface area (Å²) in [5.74, 6) is -0.697. The Morgan fingerprint density at radius 1 is 0.405 bits per heavy atom. The molecule has 9 unspecified atom stereocenters. The Morgan fingerprint density at radius 2 is 0.702 bits per heavy atom. The number of hydrogen-bond donors (Lipinski definition) is 8. The summed E-state index contributed by atoms with van der Waals surface area (Å²) in [6.07, 6.45) is 66.0. The molecule has 1 saturated heterocycles. The van der Waals surface area contributed by atoms with Crippen molar-refractivity contribution < 1.29 is 50.0 Å². The molecule has 11 heteroatoms. The van der Waals surface area contributed by atoms with Gasteiger partial charge < -0.3 is 50.5 Å². The monoisotopic (exact) mass is 1190 g/mol. The van der Waals surface area contributed by atoms with Gasteiger partial charge in [-0.05, 0) is 38.5 Å². The highest BCUT2D eigenvalue weighted by Gasteiger charge is 2.44. The van der Waals surface area contributed by atoms with Gasteiger partial charge >= 0.3 is 0 Å². The van der Waals surface area contributed by atoms with Gasteiger partial charge in [0.1, 0.15) is 36.6 Å². The summed E-state index contributed by atoms with van der Waals surface area (Å²) < 4.78 is 11.2. The minimum Gasteiger partial charge on any atom is -0.394 e. The van der Waals surface area contributed by atoms with Gasteiger partial charge in [-0.25, -0.2) is 0 Å². The molecule has 1 rings (SSSR count). The molecule has 1 amide bonds. The Morgan fingerprint density at radius 3 is 1.02 bits per heavy atom. The molecular weight excluding hydrogens is 1050 g/mol. The van der Waals surface area contributed by atoms with Gasteiger partial charge in [-0.3, -0.25) is 4.79 Å². The molecule has 0 aliphatic carbocycles. The van der Waals surface area contributed by atoms with E-state index in [2.05, 4.69) is 31.3 Å². The van der Waals surface area contributed by atoms with Crippen LogP contribution in [0.4, 0.5) is 0 Å². The van der Waals surface area contributed by atoms with E-state index < -0.39 is 74.2 Å². The molecule has 11 nitrogen and oxygen atoms in total. The van der Waals surface area contributed by atoms with Crippen LogP contribution in [0.5, 0.6) is 0 Å². The van der Waals surface area contributed by atoms with Crippen molar-refractivity contribution in [1.29, 1.82) is 0 Å². The van der Waals surface area contributed by atoms with Gasteiger partial charge in [-0.1, -0.05) is 353 Å². The second-order valence-electron chi connectivity index (χ2n) is 26.4. The minimum absolute atomic E-state index is 0.260. The number of carbonyl (C=O) groups is 1. The fourth-order valence-electron chi connectivity index (χ4n) is 12.4. The average molecular weight is 1190 g/mol. The van der Waals surface area contributed by atoms with Crippen molar-refractivity contribution in [2.45, 2.75) is 435 Å². The summed E-state index contributed by atoms with van der Waals surface area (Å²) in [5, 5.41) is 76.6. The first kappa shape index (κ1) is 80.9. The SMILES string of the molecule is CCCCCCCCCCCCCCCCCCCCCCCC/C=C/CCCC(O)C(O)C(COC1OC(CO)C(O)C(O)C1O)NC(=O)C(O)CCCCCCCCCCCCCCCCCCCCCCCCCCCCCCCC. The van der Waals surface area contributed by atoms with Crippen LogP contribution in [0.25, 0.3) is 0 Å². The van der Waals surface area contributed by atoms with Gasteiger partial charge in [-0.2, -0.15) is 0 Å². The minimum atomic E-state index is -1.67. The standard InChI is InChI=1S/C73H143NO10/c1-3-5-7-9-11-13-15-17-19-21-23-25-27-29-31-32-33-35-37-39-41-43-45-47-49-51-53-55-57-59-61-66(77)72(82)74-64(63-83-73-71(81)70(80)69(79)67(62-75)84-73)68(78)65(76)60-58-56-54-52-50-48-46-44-42-40-38-36-34-30-28-26-24-22-20-18-16-14-12-10-8-6-4-2/h52,54,64-71,73,75-81H,3-51,53,55-63H2,1-2H3,(H,74,82)/b54-52+. The third-order valence-electron chi connectivity index (χ3n) is 18.3. The Labute approximate surface area is 519 Å². The molecule has 0 spiro atoms. The summed E-state index contributed by atoms with van der Waals surface area (Å²) in [7, 11) is 0. The summed E-state index contributed by atoms with van der Waals surface area (Å²) in [5.41, 5.74) is 0. The molecule has 84 heavy (non-hydrogen) atoms. The third kappa shape index (κ3) is 48.7.